The average molecular weight is 344 g/mol. The molecule has 0 unspecified atom stereocenters. The van der Waals surface area contributed by atoms with E-state index in [1.165, 1.54) is 0 Å². The van der Waals surface area contributed by atoms with E-state index in [-0.39, 0.29) is 24.2 Å². The van der Waals surface area contributed by atoms with Gasteiger partial charge in [-0.25, -0.2) is 26.3 Å². The first-order valence-electron chi connectivity index (χ1n) is 6.67. The SMILES string of the molecule is Fc1cc(C=NCCN=Cc2cc(F)c(F)c(F)c2)cc(F)c1F. The number of benzene rings is 2. The standard InChI is InChI=1S/C16H10F6N2/c17-11-3-9(4-12(18)15(11)21)7-23-1-2-24-8-10-5-13(19)16(22)14(20)6-10/h3-8H,1-2H2. The number of halogens is 6. The van der Waals surface area contributed by atoms with Crippen molar-refractivity contribution in [3.63, 3.8) is 0 Å². The van der Waals surface area contributed by atoms with Gasteiger partial charge in [0.1, 0.15) is 0 Å². The van der Waals surface area contributed by atoms with Crippen LogP contribution in [-0.4, -0.2) is 25.5 Å². The van der Waals surface area contributed by atoms with Gasteiger partial charge >= 0.3 is 0 Å². The lowest BCUT2D eigenvalue weighted by molar-refractivity contribution is 0.447. The van der Waals surface area contributed by atoms with E-state index >= 15 is 0 Å². The minimum absolute atomic E-state index is 0.0399. The molecule has 0 saturated carbocycles. The molecule has 0 aliphatic rings. The molecule has 0 amide bonds. The summed E-state index contributed by atoms with van der Waals surface area (Å²) in [6.07, 6.45) is 2.27. The van der Waals surface area contributed by atoms with Crippen molar-refractivity contribution >= 4 is 12.4 Å². The highest BCUT2D eigenvalue weighted by atomic mass is 19.2. The molecule has 8 heteroatoms. The molecule has 24 heavy (non-hydrogen) atoms. The van der Waals surface area contributed by atoms with Crippen LogP contribution < -0.4 is 0 Å². The summed E-state index contributed by atoms with van der Waals surface area (Å²) in [5, 5.41) is 0. The Kier molecular flexibility index (Phi) is 5.73. The van der Waals surface area contributed by atoms with E-state index in [9.17, 15) is 26.3 Å². The predicted molar refractivity (Wildman–Crippen MR) is 77.6 cm³/mol. The maximum Gasteiger partial charge on any atom is 0.194 e. The van der Waals surface area contributed by atoms with E-state index in [1.807, 2.05) is 0 Å². The maximum absolute atomic E-state index is 13.0. The third-order valence-electron chi connectivity index (χ3n) is 2.85. The number of hydrogen-bond donors (Lipinski definition) is 0. The molecule has 0 aromatic heterocycles. The summed E-state index contributed by atoms with van der Waals surface area (Å²) in [4.78, 5) is 7.66. The Morgan fingerprint density at radius 2 is 0.875 bits per heavy atom. The molecule has 126 valence electrons. The van der Waals surface area contributed by atoms with Gasteiger partial charge in [0, 0.05) is 12.4 Å². The monoisotopic (exact) mass is 344 g/mol. The van der Waals surface area contributed by atoms with Gasteiger partial charge in [0.15, 0.2) is 34.9 Å². The molecule has 2 aromatic carbocycles. The van der Waals surface area contributed by atoms with Crippen LogP contribution in [0.2, 0.25) is 0 Å². The highest BCUT2D eigenvalue weighted by molar-refractivity contribution is 5.80. The van der Waals surface area contributed by atoms with Crippen LogP contribution in [0.25, 0.3) is 0 Å². The van der Waals surface area contributed by atoms with Crippen molar-refractivity contribution in [2.75, 3.05) is 13.1 Å². The fourth-order valence-electron chi connectivity index (χ4n) is 1.75. The molecule has 0 N–H and O–H groups in total. The van der Waals surface area contributed by atoms with E-state index in [1.54, 1.807) is 0 Å². The lowest BCUT2D eigenvalue weighted by atomic mass is 10.2. The number of rotatable bonds is 5. The smallest absolute Gasteiger partial charge is 0.194 e. The van der Waals surface area contributed by atoms with Crippen molar-refractivity contribution < 1.29 is 26.3 Å². The molecular weight excluding hydrogens is 334 g/mol. The highest BCUT2D eigenvalue weighted by Gasteiger charge is 2.10. The molecule has 2 nitrogen and oxygen atoms in total. The van der Waals surface area contributed by atoms with Gasteiger partial charge in [-0.3, -0.25) is 9.98 Å². The molecule has 0 aliphatic heterocycles. The lowest BCUT2D eigenvalue weighted by Gasteiger charge is -1.98. The third-order valence-corrected chi connectivity index (χ3v) is 2.85. The number of aliphatic imine (C=N–C) groups is 2. The van der Waals surface area contributed by atoms with Gasteiger partial charge in [-0.05, 0) is 35.4 Å². The quantitative estimate of drug-likeness (QED) is 0.338. The Hall–Kier alpha value is -2.64. The normalized spacial score (nSPS) is 11.8. The molecule has 0 spiro atoms. The first kappa shape index (κ1) is 17.7. The van der Waals surface area contributed by atoms with Crippen molar-refractivity contribution in [1.82, 2.24) is 0 Å². The van der Waals surface area contributed by atoms with Crippen molar-refractivity contribution in [2.45, 2.75) is 0 Å². The fourth-order valence-corrected chi connectivity index (χ4v) is 1.75. The summed E-state index contributed by atoms with van der Waals surface area (Å²) < 4.78 is 77.4. The van der Waals surface area contributed by atoms with Crippen molar-refractivity contribution in [1.29, 1.82) is 0 Å². The van der Waals surface area contributed by atoms with Crippen LogP contribution in [0, 0.1) is 34.9 Å². The van der Waals surface area contributed by atoms with Crippen LogP contribution >= 0.6 is 0 Å². The molecular formula is C16H10F6N2. The average Bonchev–Trinajstić information content (AvgIpc) is 2.53. The van der Waals surface area contributed by atoms with Crippen LogP contribution in [0.3, 0.4) is 0 Å². The van der Waals surface area contributed by atoms with Crippen LogP contribution in [0.1, 0.15) is 11.1 Å². The Morgan fingerprint density at radius 3 is 1.17 bits per heavy atom. The molecule has 0 saturated heterocycles. The molecule has 0 aliphatic carbocycles. The van der Waals surface area contributed by atoms with E-state index in [0.29, 0.717) is 0 Å². The van der Waals surface area contributed by atoms with Crippen LogP contribution in [0.15, 0.2) is 34.3 Å². The van der Waals surface area contributed by atoms with Gasteiger partial charge in [0.05, 0.1) is 13.1 Å². The maximum atomic E-state index is 13.0. The van der Waals surface area contributed by atoms with Gasteiger partial charge in [-0.2, -0.15) is 0 Å². The molecule has 0 atom stereocenters. The van der Waals surface area contributed by atoms with Gasteiger partial charge in [-0.1, -0.05) is 0 Å². The third kappa shape index (κ3) is 4.43. The van der Waals surface area contributed by atoms with E-state index in [4.69, 9.17) is 0 Å². The van der Waals surface area contributed by atoms with Crippen molar-refractivity contribution in [2.24, 2.45) is 9.98 Å². The first-order valence-corrected chi connectivity index (χ1v) is 6.67. The van der Waals surface area contributed by atoms with Crippen molar-refractivity contribution in [3.8, 4) is 0 Å². The molecule has 0 radical (unpaired) electrons. The van der Waals surface area contributed by atoms with Crippen LogP contribution in [0.5, 0.6) is 0 Å². The van der Waals surface area contributed by atoms with Gasteiger partial charge < -0.3 is 0 Å². The second-order valence-corrected chi connectivity index (χ2v) is 4.67. The summed E-state index contributed by atoms with van der Waals surface area (Å²) in [5.41, 5.74) is 0.0797. The second-order valence-electron chi connectivity index (χ2n) is 4.67. The largest absolute Gasteiger partial charge is 0.291 e. The zero-order valence-electron chi connectivity index (χ0n) is 12.0. The second kappa shape index (κ2) is 7.76. The highest BCUT2D eigenvalue weighted by Crippen LogP contribution is 2.13. The zero-order valence-corrected chi connectivity index (χ0v) is 12.0. The summed E-state index contributed by atoms with van der Waals surface area (Å²) >= 11 is 0. The fraction of sp³-hybridized carbons (Fsp3) is 0.125. The van der Waals surface area contributed by atoms with Gasteiger partial charge in [0.25, 0.3) is 0 Å². The van der Waals surface area contributed by atoms with Crippen LogP contribution in [0.4, 0.5) is 26.3 Å². The van der Waals surface area contributed by atoms with E-state index in [0.717, 1.165) is 36.7 Å². The lowest BCUT2D eigenvalue weighted by Crippen LogP contribution is -1.96. The van der Waals surface area contributed by atoms with Crippen molar-refractivity contribution in [3.05, 3.63) is 70.3 Å². The predicted octanol–water partition coefficient (Wildman–Crippen LogP) is 4.06. The molecule has 0 bridgehead atoms. The minimum Gasteiger partial charge on any atom is -0.291 e. The Balaban J connectivity index is 1.91. The molecule has 2 aromatic rings. The minimum atomic E-state index is -1.56. The van der Waals surface area contributed by atoms with Gasteiger partial charge in [-0.15, -0.1) is 0 Å². The van der Waals surface area contributed by atoms with E-state index < -0.39 is 34.9 Å². The summed E-state index contributed by atoms with van der Waals surface area (Å²) in [6, 6.07) is 3.15. The van der Waals surface area contributed by atoms with E-state index in [2.05, 4.69) is 9.98 Å². The summed E-state index contributed by atoms with van der Waals surface area (Å²) in [6.45, 7) is 0.229. The van der Waals surface area contributed by atoms with Crippen LogP contribution in [-0.2, 0) is 0 Å². The number of hydrogen-bond acceptors (Lipinski definition) is 2. The molecule has 0 heterocycles. The Bertz CT molecular complexity index is 688. The molecule has 0 fully saturated rings. The summed E-state index contributed by atoms with van der Waals surface area (Å²) in [7, 11) is 0. The topological polar surface area (TPSA) is 24.7 Å². The summed E-state index contributed by atoms with van der Waals surface area (Å²) in [5.74, 6) is -8.42. The Labute approximate surface area is 133 Å². The molecule has 2 rings (SSSR count). The number of nitrogens with zero attached hydrogens (tertiary/aromatic N) is 2. The zero-order chi connectivity index (χ0) is 17.7. The Morgan fingerprint density at radius 1 is 0.583 bits per heavy atom. The van der Waals surface area contributed by atoms with Gasteiger partial charge in [0.2, 0.25) is 0 Å². The first-order chi connectivity index (χ1) is 11.4.